The fourth-order valence-corrected chi connectivity index (χ4v) is 3.81. The molecule has 0 aliphatic rings. The Hall–Kier alpha value is -2.61. The molecule has 26 heavy (non-hydrogen) atoms. The topological polar surface area (TPSA) is 88.6 Å². The number of anilines is 1. The van der Waals surface area contributed by atoms with Crippen LogP contribution < -0.4 is 14.4 Å². The molecule has 2 aromatic rings. The van der Waals surface area contributed by atoms with Crippen molar-refractivity contribution in [3.8, 4) is 5.75 Å². The Kier molecular flexibility index (Phi) is 6.57. The van der Waals surface area contributed by atoms with E-state index in [4.69, 9.17) is 4.74 Å². The van der Waals surface area contributed by atoms with Gasteiger partial charge >= 0.3 is 0 Å². The number of carbonyl (C=O) groups is 1. The highest BCUT2D eigenvalue weighted by Gasteiger charge is 2.31. The van der Waals surface area contributed by atoms with Gasteiger partial charge in [-0.05, 0) is 30.7 Å². The molecular formula is C18H23N3O4S. The summed E-state index contributed by atoms with van der Waals surface area (Å²) in [6, 6.07) is 11.2. The molecule has 0 aliphatic heterocycles. The highest BCUT2D eigenvalue weighted by Crippen LogP contribution is 2.26. The molecule has 2 rings (SSSR count). The second-order valence-corrected chi connectivity index (χ2v) is 7.58. The van der Waals surface area contributed by atoms with Crippen LogP contribution in [0.1, 0.15) is 19.0 Å². The third-order valence-electron chi connectivity index (χ3n) is 3.81. The van der Waals surface area contributed by atoms with Crippen molar-refractivity contribution in [3.05, 3.63) is 54.4 Å². The van der Waals surface area contributed by atoms with E-state index in [1.165, 1.54) is 7.11 Å². The van der Waals surface area contributed by atoms with Crippen molar-refractivity contribution >= 4 is 21.6 Å². The Morgan fingerprint density at radius 1 is 1.27 bits per heavy atom. The summed E-state index contributed by atoms with van der Waals surface area (Å²) in [5.74, 6) is 0.131. The molecule has 1 heterocycles. The number of pyridine rings is 1. The molecule has 0 aliphatic carbocycles. The fraction of sp³-hybridized carbons (Fsp3) is 0.333. The van der Waals surface area contributed by atoms with Crippen LogP contribution in [0, 0.1) is 0 Å². The number of nitrogens with one attached hydrogen (secondary N) is 1. The van der Waals surface area contributed by atoms with Crippen LogP contribution in [0.3, 0.4) is 0 Å². The van der Waals surface area contributed by atoms with Crippen molar-refractivity contribution < 1.29 is 17.9 Å². The lowest BCUT2D eigenvalue weighted by atomic mass is 10.2. The molecule has 0 unspecified atom stereocenters. The number of amides is 1. The highest BCUT2D eigenvalue weighted by molar-refractivity contribution is 7.92. The predicted octanol–water partition coefficient (Wildman–Crippen LogP) is 1.95. The Bertz CT molecular complexity index is 841. The summed E-state index contributed by atoms with van der Waals surface area (Å²) < 4.78 is 31.1. The zero-order valence-corrected chi connectivity index (χ0v) is 15.9. The van der Waals surface area contributed by atoms with E-state index >= 15 is 0 Å². The van der Waals surface area contributed by atoms with E-state index in [1.54, 1.807) is 49.5 Å². The maximum atomic E-state index is 12.7. The molecule has 0 saturated carbocycles. The maximum absolute atomic E-state index is 12.7. The summed E-state index contributed by atoms with van der Waals surface area (Å²) in [4.78, 5) is 16.8. The molecule has 0 saturated heterocycles. The second-order valence-electron chi connectivity index (χ2n) is 5.72. The molecule has 0 fully saturated rings. The molecular weight excluding hydrogens is 354 g/mol. The van der Waals surface area contributed by atoms with E-state index in [1.807, 2.05) is 6.07 Å². The lowest BCUT2D eigenvalue weighted by molar-refractivity contribution is -0.122. The van der Waals surface area contributed by atoms with Gasteiger partial charge < -0.3 is 10.1 Å². The molecule has 0 radical (unpaired) electrons. The quantitative estimate of drug-likeness (QED) is 0.760. The van der Waals surface area contributed by atoms with Crippen LogP contribution >= 0.6 is 0 Å². The Balaban J connectivity index is 2.27. The van der Waals surface area contributed by atoms with Crippen LogP contribution in [-0.2, 0) is 21.4 Å². The predicted molar refractivity (Wildman–Crippen MR) is 100 cm³/mol. The van der Waals surface area contributed by atoms with Gasteiger partial charge in [-0.15, -0.1) is 0 Å². The van der Waals surface area contributed by atoms with Crippen molar-refractivity contribution in [2.45, 2.75) is 25.9 Å². The Morgan fingerprint density at radius 2 is 2.04 bits per heavy atom. The fourth-order valence-electron chi connectivity index (χ4n) is 2.61. The Morgan fingerprint density at radius 3 is 2.62 bits per heavy atom. The average Bonchev–Trinajstić information content (AvgIpc) is 2.63. The SMILES string of the molecule is CC[C@@H](C(=O)NCc1ccccn1)N(c1cccc(OC)c1)S(C)(=O)=O. The van der Waals surface area contributed by atoms with Gasteiger partial charge in [-0.3, -0.25) is 14.1 Å². The molecule has 1 N–H and O–H groups in total. The van der Waals surface area contributed by atoms with Gasteiger partial charge in [0.2, 0.25) is 15.9 Å². The van der Waals surface area contributed by atoms with E-state index in [0.29, 0.717) is 23.6 Å². The molecule has 0 bridgehead atoms. The zero-order chi connectivity index (χ0) is 19.2. The number of carbonyl (C=O) groups excluding carboxylic acids is 1. The highest BCUT2D eigenvalue weighted by atomic mass is 32.2. The summed E-state index contributed by atoms with van der Waals surface area (Å²) in [5, 5.41) is 2.76. The Labute approximate surface area is 154 Å². The van der Waals surface area contributed by atoms with E-state index < -0.39 is 16.1 Å². The van der Waals surface area contributed by atoms with Crippen LogP contribution in [0.5, 0.6) is 5.75 Å². The maximum Gasteiger partial charge on any atom is 0.244 e. The summed E-state index contributed by atoms with van der Waals surface area (Å²) in [5.41, 5.74) is 1.08. The number of nitrogens with zero attached hydrogens (tertiary/aromatic N) is 2. The number of hydrogen-bond acceptors (Lipinski definition) is 5. The van der Waals surface area contributed by atoms with E-state index in [-0.39, 0.29) is 12.5 Å². The number of rotatable bonds is 8. The third-order valence-corrected chi connectivity index (χ3v) is 4.99. The summed E-state index contributed by atoms with van der Waals surface area (Å²) in [6.45, 7) is 2.00. The van der Waals surface area contributed by atoms with Crippen LogP contribution in [-0.4, -0.2) is 38.7 Å². The van der Waals surface area contributed by atoms with E-state index in [9.17, 15) is 13.2 Å². The number of aromatic nitrogens is 1. The van der Waals surface area contributed by atoms with Crippen LogP contribution in [0.15, 0.2) is 48.7 Å². The van der Waals surface area contributed by atoms with Crippen molar-refractivity contribution in [2.75, 3.05) is 17.7 Å². The minimum Gasteiger partial charge on any atom is -0.497 e. The second kappa shape index (κ2) is 8.66. The van der Waals surface area contributed by atoms with Crippen molar-refractivity contribution in [3.63, 3.8) is 0 Å². The smallest absolute Gasteiger partial charge is 0.244 e. The van der Waals surface area contributed by atoms with Crippen molar-refractivity contribution in [1.29, 1.82) is 0 Å². The first-order valence-electron chi connectivity index (χ1n) is 8.18. The lowest BCUT2D eigenvalue weighted by Crippen LogP contribution is -2.49. The molecule has 1 amide bonds. The normalized spacial score (nSPS) is 12.3. The van der Waals surface area contributed by atoms with Crippen LogP contribution in [0.4, 0.5) is 5.69 Å². The lowest BCUT2D eigenvalue weighted by Gasteiger charge is -2.30. The summed E-state index contributed by atoms with van der Waals surface area (Å²) in [6.07, 6.45) is 3.04. The number of methoxy groups -OCH3 is 1. The minimum absolute atomic E-state index is 0.228. The molecule has 7 nitrogen and oxygen atoms in total. The third kappa shape index (κ3) is 4.95. The monoisotopic (exact) mass is 377 g/mol. The van der Waals surface area contributed by atoms with E-state index in [2.05, 4.69) is 10.3 Å². The first-order valence-corrected chi connectivity index (χ1v) is 10.0. The summed E-state index contributed by atoms with van der Waals surface area (Å²) >= 11 is 0. The van der Waals surface area contributed by atoms with Gasteiger partial charge in [0, 0.05) is 12.3 Å². The molecule has 1 aromatic carbocycles. The molecule has 8 heteroatoms. The summed E-state index contributed by atoms with van der Waals surface area (Å²) in [7, 11) is -2.18. The largest absolute Gasteiger partial charge is 0.497 e. The van der Waals surface area contributed by atoms with Gasteiger partial charge in [-0.25, -0.2) is 8.42 Å². The van der Waals surface area contributed by atoms with E-state index in [0.717, 1.165) is 10.6 Å². The van der Waals surface area contributed by atoms with Gasteiger partial charge in [-0.1, -0.05) is 19.1 Å². The average molecular weight is 377 g/mol. The van der Waals surface area contributed by atoms with Gasteiger partial charge in [0.1, 0.15) is 11.8 Å². The van der Waals surface area contributed by atoms with Crippen molar-refractivity contribution in [1.82, 2.24) is 10.3 Å². The molecule has 140 valence electrons. The number of benzene rings is 1. The van der Waals surface area contributed by atoms with Gasteiger partial charge in [0.25, 0.3) is 0 Å². The van der Waals surface area contributed by atoms with Crippen LogP contribution in [0.25, 0.3) is 0 Å². The van der Waals surface area contributed by atoms with Gasteiger partial charge in [0.05, 0.1) is 31.3 Å². The standard InChI is InChI=1S/C18H23N3O4S/c1-4-17(18(22)20-13-14-8-5-6-11-19-14)21(26(3,23)24)15-9-7-10-16(12-15)25-2/h5-12,17H,4,13H2,1-3H3,(H,20,22)/t17-/m0/s1. The number of hydrogen-bond donors (Lipinski definition) is 1. The van der Waals surface area contributed by atoms with Gasteiger partial charge in [0.15, 0.2) is 0 Å². The van der Waals surface area contributed by atoms with Gasteiger partial charge in [-0.2, -0.15) is 0 Å². The van der Waals surface area contributed by atoms with Crippen LogP contribution in [0.2, 0.25) is 0 Å². The number of sulfonamides is 1. The first-order chi connectivity index (χ1) is 12.4. The molecule has 0 spiro atoms. The number of ether oxygens (including phenoxy) is 1. The molecule has 1 atom stereocenters. The molecule has 1 aromatic heterocycles. The zero-order valence-electron chi connectivity index (χ0n) is 15.0. The minimum atomic E-state index is -3.68. The first kappa shape index (κ1) is 19.7. The van der Waals surface area contributed by atoms with Crippen molar-refractivity contribution in [2.24, 2.45) is 0 Å².